The van der Waals surface area contributed by atoms with E-state index in [2.05, 4.69) is 18.7 Å². The average molecular weight is 243 g/mol. The third-order valence-corrected chi connectivity index (χ3v) is 3.61. The van der Waals surface area contributed by atoms with E-state index in [1.54, 1.807) is 0 Å². The first-order valence-electron chi connectivity index (χ1n) is 7.15. The van der Waals surface area contributed by atoms with Gasteiger partial charge in [-0.1, -0.05) is 13.8 Å². The quantitative estimate of drug-likeness (QED) is 0.740. The van der Waals surface area contributed by atoms with E-state index in [0.717, 1.165) is 33.0 Å². The Morgan fingerprint density at radius 3 is 2.59 bits per heavy atom. The highest BCUT2D eigenvalue weighted by atomic mass is 16.5. The molecular formula is C14H29NO2. The van der Waals surface area contributed by atoms with Crippen molar-refractivity contribution in [3.63, 3.8) is 0 Å². The molecule has 1 saturated carbocycles. The second kappa shape index (κ2) is 7.34. The van der Waals surface area contributed by atoms with Crippen molar-refractivity contribution in [1.82, 2.24) is 4.90 Å². The van der Waals surface area contributed by atoms with Crippen LogP contribution in [0.5, 0.6) is 0 Å². The van der Waals surface area contributed by atoms with Crippen LogP contribution in [0.3, 0.4) is 0 Å². The molecule has 0 radical (unpaired) electrons. The van der Waals surface area contributed by atoms with E-state index in [9.17, 15) is 0 Å². The minimum absolute atomic E-state index is 0.488. The molecule has 1 atom stereocenters. The summed E-state index contributed by atoms with van der Waals surface area (Å²) in [7, 11) is 0. The molecule has 2 rings (SSSR count). The van der Waals surface area contributed by atoms with Crippen LogP contribution in [-0.4, -0.2) is 50.5 Å². The summed E-state index contributed by atoms with van der Waals surface area (Å²) in [5.74, 6) is 0. The minimum Gasteiger partial charge on any atom is -0.381 e. The van der Waals surface area contributed by atoms with Gasteiger partial charge >= 0.3 is 0 Å². The monoisotopic (exact) mass is 243 g/mol. The Balaban J connectivity index is 0.000000686. The first-order chi connectivity index (χ1) is 8.26. The molecule has 3 heteroatoms. The van der Waals surface area contributed by atoms with Gasteiger partial charge in [-0.15, -0.1) is 0 Å². The molecule has 0 amide bonds. The molecule has 0 aromatic heterocycles. The average Bonchev–Trinajstić information content (AvgIpc) is 3.13. The van der Waals surface area contributed by atoms with Crippen LogP contribution in [0, 0.1) is 5.41 Å². The van der Waals surface area contributed by atoms with Gasteiger partial charge in [0.05, 0.1) is 19.8 Å². The van der Waals surface area contributed by atoms with Crippen molar-refractivity contribution in [1.29, 1.82) is 0 Å². The zero-order valence-electron chi connectivity index (χ0n) is 12.0. The normalized spacial score (nSPS) is 27.2. The lowest BCUT2D eigenvalue weighted by Gasteiger charge is -2.35. The highest BCUT2D eigenvalue weighted by Gasteiger charge is 2.44. The maximum absolute atomic E-state index is 5.58. The second-order valence-corrected chi connectivity index (χ2v) is 5.03. The molecule has 0 bridgehead atoms. The summed E-state index contributed by atoms with van der Waals surface area (Å²) in [6, 6.07) is 0.581. The van der Waals surface area contributed by atoms with Gasteiger partial charge in [-0.25, -0.2) is 0 Å². The van der Waals surface area contributed by atoms with Crippen molar-refractivity contribution in [2.24, 2.45) is 5.41 Å². The number of rotatable bonds is 5. The van der Waals surface area contributed by atoms with E-state index in [1.165, 1.54) is 19.4 Å². The van der Waals surface area contributed by atoms with Gasteiger partial charge in [-0.2, -0.15) is 0 Å². The summed E-state index contributed by atoms with van der Waals surface area (Å²) in [5, 5.41) is 0. The number of ether oxygens (including phenoxy) is 2. The number of morpholine rings is 1. The molecule has 3 nitrogen and oxygen atoms in total. The van der Waals surface area contributed by atoms with Gasteiger partial charge in [0, 0.05) is 31.2 Å². The topological polar surface area (TPSA) is 21.7 Å². The van der Waals surface area contributed by atoms with Crippen LogP contribution in [0.2, 0.25) is 0 Å². The Hall–Kier alpha value is -0.120. The van der Waals surface area contributed by atoms with Gasteiger partial charge in [-0.05, 0) is 26.7 Å². The molecule has 2 aliphatic rings. The molecule has 0 N–H and O–H groups in total. The van der Waals surface area contributed by atoms with Crippen LogP contribution in [0.1, 0.15) is 40.5 Å². The fraction of sp³-hybridized carbons (Fsp3) is 1.00. The molecule has 0 aromatic rings. The van der Waals surface area contributed by atoms with Gasteiger partial charge < -0.3 is 9.47 Å². The van der Waals surface area contributed by atoms with Crippen molar-refractivity contribution in [2.75, 3.05) is 39.5 Å². The molecule has 102 valence electrons. The van der Waals surface area contributed by atoms with Crippen LogP contribution in [-0.2, 0) is 9.47 Å². The number of nitrogens with zero attached hydrogens (tertiary/aromatic N) is 1. The summed E-state index contributed by atoms with van der Waals surface area (Å²) < 4.78 is 11.0. The van der Waals surface area contributed by atoms with Crippen LogP contribution < -0.4 is 0 Å². The highest BCUT2D eigenvalue weighted by Crippen LogP contribution is 2.46. The van der Waals surface area contributed by atoms with Gasteiger partial charge in [0.25, 0.3) is 0 Å². The van der Waals surface area contributed by atoms with Crippen LogP contribution >= 0.6 is 0 Å². The number of hydrogen-bond acceptors (Lipinski definition) is 3. The standard InChI is InChI=1S/C12H23NO2.C2H6/c1-3-14-10-12(4-5-12)9-13-6-7-15-8-11(13)2;1-2/h11H,3-10H2,1-2H3;1-2H3. The molecule has 1 unspecified atom stereocenters. The fourth-order valence-electron chi connectivity index (χ4n) is 2.27. The SMILES string of the molecule is CC.CCOCC1(CN2CCOCC2C)CC1. The fourth-order valence-corrected chi connectivity index (χ4v) is 2.27. The molecule has 1 heterocycles. The largest absolute Gasteiger partial charge is 0.381 e. The van der Waals surface area contributed by atoms with Crippen LogP contribution in [0.15, 0.2) is 0 Å². The summed E-state index contributed by atoms with van der Waals surface area (Å²) in [6.45, 7) is 14.2. The van der Waals surface area contributed by atoms with Gasteiger partial charge in [0.2, 0.25) is 0 Å². The van der Waals surface area contributed by atoms with E-state index >= 15 is 0 Å². The number of hydrogen-bond donors (Lipinski definition) is 0. The molecule has 2 fully saturated rings. The van der Waals surface area contributed by atoms with E-state index in [1.807, 2.05) is 13.8 Å². The third kappa shape index (κ3) is 4.57. The zero-order chi connectivity index (χ0) is 12.7. The molecule has 0 spiro atoms. The summed E-state index contributed by atoms with van der Waals surface area (Å²) in [6.07, 6.45) is 2.69. The maximum atomic E-state index is 5.58. The predicted molar refractivity (Wildman–Crippen MR) is 71.4 cm³/mol. The zero-order valence-corrected chi connectivity index (χ0v) is 12.0. The molecule has 1 saturated heterocycles. The van der Waals surface area contributed by atoms with Gasteiger partial charge in [0.1, 0.15) is 0 Å². The highest BCUT2D eigenvalue weighted by molar-refractivity contribution is 4.96. The minimum atomic E-state index is 0.488. The van der Waals surface area contributed by atoms with E-state index < -0.39 is 0 Å². The van der Waals surface area contributed by atoms with E-state index in [-0.39, 0.29) is 0 Å². The molecule has 17 heavy (non-hydrogen) atoms. The van der Waals surface area contributed by atoms with Crippen molar-refractivity contribution < 1.29 is 9.47 Å². The Labute approximate surface area is 106 Å². The molecule has 1 aliphatic carbocycles. The lowest BCUT2D eigenvalue weighted by atomic mass is 10.1. The lowest BCUT2D eigenvalue weighted by Crippen LogP contribution is -2.46. The van der Waals surface area contributed by atoms with Gasteiger partial charge in [-0.3, -0.25) is 4.90 Å². The first-order valence-corrected chi connectivity index (χ1v) is 7.15. The van der Waals surface area contributed by atoms with Crippen LogP contribution in [0.4, 0.5) is 0 Å². The first kappa shape index (κ1) is 14.9. The molecule has 0 aromatic carbocycles. The maximum Gasteiger partial charge on any atom is 0.0619 e. The Morgan fingerprint density at radius 1 is 1.35 bits per heavy atom. The van der Waals surface area contributed by atoms with Crippen LogP contribution in [0.25, 0.3) is 0 Å². The van der Waals surface area contributed by atoms with Gasteiger partial charge in [0.15, 0.2) is 0 Å². The Kier molecular flexibility index (Phi) is 6.45. The van der Waals surface area contributed by atoms with E-state index in [0.29, 0.717) is 11.5 Å². The second-order valence-electron chi connectivity index (χ2n) is 5.03. The summed E-state index contributed by atoms with van der Waals surface area (Å²) in [5.41, 5.74) is 0.488. The smallest absolute Gasteiger partial charge is 0.0619 e. The molecule has 1 aliphatic heterocycles. The lowest BCUT2D eigenvalue weighted by molar-refractivity contribution is -0.0191. The van der Waals surface area contributed by atoms with Crippen molar-refractivity contribution in [3.05, 3.63) is 0 Å². The van der Waals surface area contributed by atoms with Crippen molar-refractivity contribution in [2.45, 2.75) is 46.6 Å². The summed E-state index contributed by atoms with van der Waals surface area (Å²) >= 11 is 0. The van der Waals surface area contributed by atoms with Crippen molar-refractivity contribution >= 4 is 0 Å². The predicted octanol–water partition coefficient (Wildman–Crippen LogP) is 2.55. The molecular weight excluding hydrogens is 214 g/mol. The third-order valence-electron chi connectivity index (χ3n) is 3.61. The Morgan fingerprint density at radius 2 is 2.06 bits per heavy atom. The summed E-state index contributed by atoms with van der Waals surface area (Å²) in [4.78, 5) is 2.56. The van der Waals surface area contributed by atoms with E-state index in [4.69, 9.17) is 9.47 Å². The van der Waals surface area contributed by atoms with Crippen molar-refractivity contribution in [3.8, 4) is 0 Å². The Bertz CT molecular complexity index is 204.